The number of rotatable bonds is 0. The summed E-state index contributed by atoms with van der Waals surface area (Å²) in [4.78, 5) is 9.58. The SMILES string of the molecule is C1CCCC1.CC(=O)NN. The quantitative estimate of drug-likeness (QED) is 0.302. The Morgan fingerprint density at radius 1 is 1.20 bits per heavy atom. The van der Waals surface area contributed by atoms with Crippen LogP contribution in [0.15, 0.2) is 0 Å². The molecule has 1 rings (SSSR count). The predicted molar refractivity (Wildman–Crippen MR) is 41.1 cm³/mol. The highest BCUT2D eigenvalue weighted by Gasteiger charge is 1.95. The lowest BCUT2D eigenvalue weighted by Crippen LogP contribution is -2.26. The van der Waals surface area contributed by atoms with Gasteiger partial charge in [-0.1, -0.05) is 32.1 Å². The molecule has 3 N–H and O–H groups in total. The van der Waals surface area contributed by atoms with Gasteiger partial charge in [0.2, 0.25) is 5.91 Å². The van der Waals surface area contributed by atoms with Crippen molar-refractivity contribution in [1.82, 2.24) is 5.43 Å². The van der Waals surface area contributed by atoms with Crippen LogP contribution in [0.2, 0.25) is 0 Å². The fourth-order valence-corrected chi connectivity index (χ4v) is 0.884. The van der Waals surface area contributed by atoms with Gasteiger partial charge in [-0.25, -0.2) is 5.84 Å². The minimum Gasteiger partial charge on any atom is -0.295 e. The van der Waals surface area contributed by atoms with Gasteiger partial charge in [-0.05, 0) is 0 Å². The molecular formula is C7H16N2O. The van der Waals surface area contributed by atoms with Gasteiger partial charge in [0.1, 0.15) is 0 Å². The van der Waals surface area contributed by atoms with E-state index in [1.165, 1.54) is 39.0 Å². The highest BCUT2D eigenvalue weighted by molar-refractivity contribution is 5.71. The van der Waals surface area contributed by atoms with Gasteiger partial charge in [-0.2, -0.15) is 0 Å². The third-order valence-corrected chi connectivity index (χ3v) is 1.45. The molecule has 1 amide bonds. The Kier molecular flexibility index (Phi) is 6.18. The van der Waals surface area contributed by atoms with Crippen molar-refractivity contribution in [2.24, 2.45) is 5.84 Å². The van der Waals surface area contributed by atoms with E-state index in [1.807, 2.05) is 5.43 Å². The Balaban J connectivity index is 0.000000162. The largest absolute Gasteiger partial charge is 0.295 e. The van der Waals surface area contributed by atoms with Crippen molar-refractivity contribution in [1.29, 1.82) is 0 Å². The van der Waals surface area contributed by atoms with Gasteiger partial charge in [-0.3, -0.25) is 10.2 Å². The molecule has 0 bridgehead atoms. The molecule has 1 saturated carbocycles. The molecule has 0 aromatic carbocycles. The van der Waals surface area contributed by atoms with Crippen molar-refractivity contribution in [3.8, 4) is 0 Å². The first kappa shape index (κ1) is 9.43. The number of amides is 1. The van der Waals surface area contributed by atoms with Gasteiger partial charge in [0, 0.05) is 6.92 Å². The minimum atomic E-state index is -0.218. The Bertz CT molecular complexity index is 82.0. The van der Waals surface area contributed by atoms with E-state index < -0.39 is 0 Å². The monoisotopic (exact) mass is 144 g/mol. The van der Waals surface area contributed by atoms with Crippen LogP contribution in [0.25, 0.3) is 0 Å². The lowest BCUT2D eigenvalue weighted by Gasteiger charge is -1.80. The molecule has 1 fully saturated rings. The first-order chi connectivity index (χ1) is 4.77. The number of carbonyl (C=O) groups is 1. The summed E-state index contributed by atoms with van der Waals surface area (Å²) in [5.74, 6) is 4.35. The maximum absolute atomic E-state index is 9.58. The second-order valence-corrected chi connectivity index (χ2v) is 2.47. The third kappa shape index (κ3) is 7.43. The number of carbonyl (C=O) groups excluding carboxylic acids is 1. The molecule has 0 radical (unpaired) electrons. The summed E-state index contributed by atoms with van der Waals surface area (Å²) in [6, 6.07) is 0. The van der Waals surface area contributed by atoms with Crippen molar-refractivity contribution >= 4 is 5.91 Å². The van der Waals surface area contributed by atoms with Gasteiger partial charge in [0.05, 0.1) is 0 Å². The van der Waals surface area contributed by atoms with Crippen LogP contribution in [-0.4, -0.2) is 5.91 Å². The average Bonchev–Trinajstić information content (AvgIpc) is 2.43. The van der Waals surface area contributed by atoms with Crippen LogP contribution in [0.5, 0.6) is 0 Å². The first-order valence-corrected chi connectivity index (χ1v) is 3.74. The van der Waals surface area contributed by atoms with Crippen LogP contribution in [-0.2, 0) is 4.79 Å². The van der Waals surface area contributed by atoms with Gasteiger partial charge in [0.25, 0.3) is 0 Å². The molecule has 0 aliphatic heterocycles. The molecule has 1 aliphatic rings. The topological polar surface area (TPSA) is 55.1 Å². The summed E-state index contributed by atoms with van der Waals surface area (Å²) in [7, 11) is 0. The van der Waals surface area contributed by atoms with Crippen molar-refractivity contribution in [2.45, 2.75) is 39.0 Å². The summed E-state index contributed by atoms with van der Waals surface area (Å²) in [6.45, 7) is 1.35. The summed E-state index contributed by atoms with van der Waals surface area (Å²) >= 11 is 0. The molecule has 0 heterocycles. The first-order valence-electron chi connectivity index (χ1n) is 3.74. The number of nitrogens with one attached hydrogen (secondary N) is 1. The standard InChI is InChI=1S/C5H10.C2H6N2O/c1-2-4-5-3-1;1-2(5)4-3/h1-5H2;3H2,1H3,(H,4,5). The molecule has 0 saturated heterocycles. The zero-order valence-electron chi connectivity index (χ0n) is 6.52. The molecule has 60 valence electrons. The van der Waals surface area contributed by atoms with E-state index in [9.17, 15) is 4.79 Å². The van der Waals surface area contributed by atoms with Crippen LogP contribution in [0.3, 0.4) is 0 Å². The van der Waals surface area contributed by atoms with E-state index >= 15 is 0 Å². The van der Waals surface area contributed by atoms with Gasteiger partial charge < -0.3 is 0 Å². The Morgan fingerprint density at radius 3 is 1.50 bits per heavy atom. The smallest absolute Gasteiger partial charge is 0.230 e. The van der Waals surface area contributed by atoms with Crippen LogP contribution in [0, 0.1) is 0 Å². The predicted octanol–water partition coefficient (Wildman–Crippen LogP) is 0.947. The van der Waals surface area contributed by atoms with Gasteiger partial charge >= 0.3 is 0 Å². The Hall–Kier alpha value is -0.570. The molecular weight excluding hydrogens is 128 g/mol. The summed E-state index contributed by atoms with van der Waals surface area (Å²) < 4.78 is 0. The third-order valence-electron chi connectivity index (χ3n) is 1.45. The van der Waals surface area contributed by atoms with Crippen LogP contribution < -0.4 is 11.3 Å². The average molecular weight is 144 g/mol. The Morgan fingerprint density at radius 2 is 1.40 bits per heavy atom. The van der Waals surface area contributed by atoms with Crippen LogP contribution in [0.4, 0.5) is 0 Å². The second kappa shape index (κ2) is 6.55. The number of hydrazine groups is 1. The summed E-state index contributed by atoms with van der Waals surface area (Å²) in [6.07, 6.45) is 7.50. The highest BCUT2D eigenvalue weighted by atomic mass is 16.2. The molecule has 3 nitrogen and oxygen atoms in total. The summed E-state index contributed by atoms with van der Waals surface area (Å²) in [5, 5.41) is 0. The zero-order chi connectivity index (χ0) is 7.82. The van der Waals surface area contributed by atoms with Crippen molar-refractivity contribution in [2.75, 3.05) is 0 Å². The molecule has 10 heavy (non-hydrogen) atoms. The molecule has 0 aromatic heterocycles. The van der Waals surface area contributed by atoms with E-state index in [1.54, 1.807) is 0 Å². The lowest BCUT2D eigenvalue weighted by atomic mass is 10.4. The van der Waals surface area contributed by atoms with Gasteiger partial charge in [-0.15, -0.1) is 0 Å². The zero-order valence-corrected chi connectivity index (χ0v) is 6.52. The minimum absolute atomic E-state index is 0.218. The highest BCUT2D eigenvalue weighted by Crippen LogP contribution is 2.15. The number of nitrogens with two attached hydrogens (primary N) is 1. The van der Waals surface area contributed by atoms with Crippen LogP contribution >= 0.6 is 0 Å². The van der Waals surface area contributed by atoms with Crippen molar-refractivity contribution < 1.29 is 4.79 Å². The summed E-state index contributed by atoms with van der Waals surface area (Å²) in [5.41, 5.74) is 1.89. The molecule has 1 aliphatic carbocycles. The van der Waals surface area contributed by atoms with Crippen molar-refractivity contribution in [3.05, 3.63) is 0 Å². The van der Waals surface area contributed by atoms with E-state index in [0.717, 1.165) is 0 Å². The van der Waals surface area contributed by atoms with Crippen molar-refractivity contribution in [3.63, 3.8) is 0 Å². The van der Waals surface area contributed by atoms with E-state index in [-0.39, 0.29) is 5.91 Å². The Labute approximate surface area is 62.0 Å². The number of hydrogen-bond donors (Lipinski definition) is 2. The number of hydrogen-bond acceptors (Lipinski definition) is 2. The molecule has 0 unspecified atom stereocenters. The maximum Gasteiger partial charge on any atom is 0.230 e. The fraction of sp³-hybridized carbons (Fsp3) is 0.857. The molecule has 0 atom stereocenters. The maximum atomic E-state index is 9.58. The van der Waals surface area contributed by atoms with Crippen LogP contribution in [0.1, 0.15) is 39.0 Å². The molecule has 0 spiro atoms. The normalized spacial score (nSPS) is 15.4. The van der Waals surface area contributed by atoms with E-state index in [2.05, 4.69) is 5.84 Å². The molecule has 3 heteroatoms. The van der Waals surface area contributed by atoms with E-state index in [0.29, 0.717) is 0 Å². The fourth-order valence-electron chi connectivity index (χ4n) is 0.884. The molecule has 0 aromatic rings. The lowest BCUT2D eigenvalue weighted by molar-refractivity contribution is -0.119. The second-order valence-electron chi connectivity index (χ2n) is 2.47. The van der Waals surface area contributed by atoms with E-state index in [4.69, 9.17) is 0 Å². The van der Waals surface area contributed by atoms with Gasteiger partial charge in [0.15, 0.2) is 0 Å².